The first-order chi connectivity index (χ1) is 3.66. The largest absolute Gasteiger partial charge is 0.0853 e. The molecule has 0 saturated heterocycles. The highest BCUT2D eigenvalue weighted by Gasteiger charge is 1.91. The molecule has 0 nitrogen and oxygen atoms in total. The average molecular weight is 111 g/mol. The van der Waals surface area contributed by atoms with Crippen molar-refractivity contribution >= 4 is 0 Å². The van der Waals surface area contributed by atoms with E-state index in [0.717, 1.165) is 5.92 Å². The Hall–Kier alpha value is -0.260. The van der Waals surface area contributed by atoms with E-state index in [-0.39, 0.29) is 0 Å². The van der Waals surface area contributed by atoms with E-state index in [0.29, 0.717) is 0 Å². The molecule has 0 heterocycles. The van der Waals surface area contributed by atoms with E-state index in [1.807, 2.05) is 6.08 Å². The monoisotopic (exact) mass is 111 g/mol. The number of rotatable bonds is 2. The summed E-state index contributed by atoms with van der Waals surface area (Å²) in [6.07, 6.45) is 3.11. The predicted octanol–water partition coefficient (Wildman–Crippen LogP) is 2.81. The van der Waals surface area contributed by atoms with Crippen molar-refractivity contribution in [1.29, 1.82) is 0 Å². The molecule has 0 atom stereocenters. The van der Waals surface area contributed by atoms with Crippen LogP contribution in [0.4, 0.5) is 0 Å². The summed E-state index contributed by atoms with van der Waals surface area (Å²) in [5.74, 6) is 0.771. The molecule has 0 aliphatic carbocycles. The van der Waals surface area contributed by atoms with E-state index in [2.05, 4.69) is 27.7 Å². The Bertz CT molecular complexity index is 78.0. The Morgan fingerprint density at radius 2 is 2.12 bits per heavy atom. The highest BCUT2D eigenvalue weighted by Crippen LogP contribution is 2.07. The van der Waals surface area contributed by atoms with Gasteiger partial charge in [-0.3, -0.25) is 0 Å². The lowest BCUT2D eigenvalue weighted by atomic mass is 10.0. The fraction of sp³-hybridized carbons (Fsp3) is 0.625. The van der Waals surface area contributed by atoms with E-state index in [4.69, 9.17) is 0 Å². The van der Waals surface area contributed by atoms with Crippen LogP contribution in [0.2, 0.25) is 0 Å². The highest BCUT2D eigenvalue weighted by molar-refractivity contribution is 4.99. The summed E-state index contributed by atoms with van der Waals surface area (Å²) in [5.41, 5.74) is 1.39. The fourth-order valence-electron chi connectivity index (χ4n) is 0.727. The van der Waals surface area contributed by atoms with Crippen molar-refractivity contribution in [2.75, 3.05) is 0 Å². The van der Waals surface area contributed by atoms with Gasteiger partial charge < -0.3 is 0 Å². The van der Waals surface area contributed by atoms with Gasteiger partial charge in [-0.1, -0.05) is 25.5 Å². The van der Waals surface area contributed by atoms with Gasteiger partial charge in [0.1, 0.15) is 0 Å². The molecule has 47 valence electrons. The maximum Gasteiger partial charge on any atom is -0.0300 e. The number of hydrogen-bond acceptors (Lipinski definition) is 0. The van der Waals surface area contributed by atoms with E-state index in [9.17, 15) is 0 Å². The van der Waals surface area contributed by atoms with Crippen LogP contribution in [-0.2, 0) is 0 Å². The molecule has 8 heavy (non-hydrogen) atoms. The normalized spacial score (nSPS) is 12.9. The van der Waals surface area contributed by atoms with E-state index >= 15 is 0 Å². The molecule has 0 aliphatic heterocycles. The summed E-state index contributed by atoms with van der Waals surface area (Å²) in [6.45, 7) is 10.2. The molecule has 0 aromatic carbocycles. The summed E-state index contributed by atoms with van der Waals surface area (Å²) < 4.78 is 0. The van der Waals surface area contributed by atoms with Gasteiger partial charge in [0.05, 0.1) is 0 Å². The van der Waals surface area contributed by atoms with Crippen molar-refractivity contribution in [3.05, 3.63) is 18.6 Å². The van der Waals surface area contributed by atoms with Crippen molar-refractivity contribution in [2.24, 2.45) is 5.92 Å². The van der Waals surface area contributed by atoms with Crippen molar-refractivity contribution in [3.63, 3.8) is 0 Å². The number of hydrogen-bond donors (Lipinski definition) is 0. The molecule has 0 spiro atoms. The van der Waals surface area contributed by atoms with E-state index in [1.54, 1.807) is 0 Å². The Morgan fingerprint density at radius 1 is 1.62 bits per heavy atom. The minimum atomic E-state index is 0.771. The minimum absolute atomic E-state index is 0.771. The maximum absolute atomic E-state index is 3.68. The molecule has 0 unspecified atom stereocenters. The maximum atomic E-state index is 3.68. The van der Waals surface area contributed by atoms with Gasteiger partial charge in [-0.15, -0.1) is 0 Å². The van der Waals surface area contributed by atoms with Crippen molar-refractivity contribution in [3.8, 4) is 0 Å². The van der Waals surface area contributed by atoms with E-state index in [1.165, 1.54) is 12.0 Å². The summed E-state index contributed by atoms with van der Waals surface area (Å²) >= 11 is 0. The Morgan fingerprint density at radius 3 is 2.25 bits per heavy atom. The van der Waals surface area contributed by atoms with Gasteiger partial charge >= 0.3 is 0 Å². The average Bonchev–Trinajstić information content (AvgIpc) is 1.65. The molecule has 0 saturated carbocycles. The second-order valence-electron chi connectivity index (χ2n) is 2.65. The quantitative estimate of drug-likeness (QED) is 0.514. The topological polar surface area (TPSA) is 0 Å². The van der Waals surface area contributed by atoms with Crippen LogP contribution in [0.1, 0.15) is 27.2 Å². The molecule has 0 aliphatic rings. The second kappa shape index (κ2) is 3.71. The fourth-order valence-corrected chi connectivity index (χ4v) is 0.727. The first-order valence-corrected chi connectivity index (χ1v) is 3.11. The van der Waals surface area contributed by atoms with Crippen molar-refractivity contribution < 1.29 is 0 Å². The van der Waals surface area contributed by atoms with Gasteiger partial charge in [0.25, 0.3) is 0 Å². The predicted molar refractivity (Wildman–Crippen MR) is 38.6 cm³/mol. The summed E-state index contributed by atoms with van der Waals surface area (Å²) in [5, 5.41) is 0. The van der Waals surface area contributed by atoms with Gasteiger partial charge in [0, 0.05) is 0 Å². The van der Waals surface area contributed by atoms with Crippen LogP contribution in [0.5, 0.6) is 0 Å². The summed E-state index contributed by atoms with van der Waals surface area (Å²) in [6, 6.07) is 0. The Kier molecular flexibility index (Phi) is 3.59. The standard InChI is InChI=1S/C8H15/c1-5-8(4)6-7(2)3/h5,7H,1,6H2,2-4H3. The lowest BCUT2D eigenvalue weighted by molar-refractivity contribution is 0.642. The Labute approximate surface area is 52.6 Å². The molecule has 0 heteroatoms. The van der Waals surface area contributed by atoms with Crippen LogP contribution in [-0.4, -0.2) is 0 Å². The Balaban J connectivity index is 3.39. The van der Waals surface area contributed by atoms with Crippen molar-refractivity contribution in [2.45, 2.75) is 27.2 Å². The zero-order valence-corrected chi connectivity index (χ0v) is 6.07. The first-order valence-electron chi connectivity index (χ1n) is 3.11. The SMILES string of the molecule is [CH2]C=C(C)CC(C)C. The van der Waals surface area contributed by atoms with Gasteiger partial charge in [-0.25, -0.2) is 0 Å². The zero-order valence-electron chi connectivity index (χ0n) is 6.07. The van der Waals surface area contributed by atoms with Gasteiger partial charge in [-0.05, 0) is 26.2 Å². The van der Waals surface area contributed by atoms with Crippen LogP contribution in [0.25, 0.3) is 0 Å². The molecule has 0 bridgehead atoms. The molecule has 0 rings (SSSR count). The third-order valence-electron chi connectivity index (χ3n) is 1.08. The second-order valence-corrected chi connectivity index (χ2v) is 2.65. The van der Waals surface area contributed by atoms with Crippen LogP contribution in [0, 0.1) is 12.8 Å². The summed E-state index contributed by atoms with van der Waals surface area (Å²) in [4.78, 5) is 0. The molecule has 0 amide bonds. The van der Waals surface area contributed by atoms with Gasteiger partial charge in [0.2, 0.25) is 0 Å². The third kappa shape index (κ3) is 3.91. The first kappa shape index (κ1) is 7.74. The van der Waals surface area contributed by atoms with Crippen LogP contribution < -0.4 is 0 Å². The zero-order chi connectivity index (χ0) is 6.57. The molecule has 1 radical (unpaired) electrons. The lowest BCUT2D eigenvalue weighted by Crippen LogP contribution is -1.86. The smallest absolute Gasteiger partial charge is 0.0300 e. The van der Waals surface area contributed by atoms with Crippen LogP contribution >= 0.6 is 0 Å². The lowest BCUT2D eigenvalue weighted by Gasteiger charge is -2.01. The van der Waals surface area contributed by atoms with Gasteiger partial charge in [0.15, 0.2) is 0 Å². The molecule has 0 N–H and O–H groups in total. The highest BCUT2D eigenvalue weighted by atomic mass is 14.0. The van der Waals surface area contributed by atoms with Crippen LogP contribution in [0.15, 0.2) is 11.6 Å². The molecular weight excluding hydrogens is 96.1 g/mol. The molecular formula is C8H15. The number of allylic oxidation sites excluding steroid dienone is 2. The molecule has 0 aromatic rings. The molecule has 0 fully saturated rings. The van der Waals surface area contributed by atoms with Gasteiger partial charge in [-0.2, -0.15) is 0 Å². The third-order valence-corrected chi connectivity index (χ3v) is 1.08. The van der Waals surface area contributed by atoms with E-state index < -0.39 is 0 Å². The summed E-state index contributed by atoms with van der Waals surface area (Å²) in [7, 11) is 0. The van der Waals surface area contributed by atoms with Crippen molar-refractivity contribution in [1.82, 2.24) is 0 Å². The van der Waals surface area contributed by atoms with Crippen LogP contribution in [0.3, 0.4) is 0 Å². The molecule has 0 aromatic heterocycles. The minimum Gasteiger partial charge on any atom is -0.0853 e.